The predicted octanol–water partition coefficient (Wildman–Crippen LogP) is 0.607. The van der Waals surface area contributed by atoms with Crippen LogP contribution in [-0.2, 0) is 0 Å². The van der Waals surface area contributed by atoms with E-state index in [-0.39, 0.29) is 0 Å². The first-order chi connectivity index (χ1) is 6.63. The van der Waals surface area contributed by atoms with E-state index in [1.54, 1.807) is 13.0 Å². The fourth-order valence-electron chi connectivity index (χ4n) is 0.864. The zero-order valence-electron chi connectivity index (χ0n) is 8.62. The van der Waals surface area contributed by atoms with Crippen LogP contribution in [0.4, 0.5) is 0 Å². The molecular weight excluding hydrogens is 197 g/mol. The second-order valence-electron chi connectivity index (χ2n) is 2.79. The summed E-state index contributed by atoms with van der Waals surface area (Å²) in [5.41, 5.74) is 1.61. The normalized spacial score (nSPS) is 15.5. The number of aliphatic hydroxyl groups is 1. The van der Waals surface area contributed by atoms with Gasteiger partial charge in [-0.2, -0.15) is 5.10 Å². The van der Waals surface area contributed by atoms with Crippen molar-refractivity contribution >= 4 is 14.9 Å². The van der Waals surface area contributed by atoms with Crippen LogP contribution in [-0.4, -0.2) is 30.6 Å². The Balaban J connectivity index is 4.46. The van der Waals surface area contributed by atoms with Gasteiger partial charge in [0.2, 0.25) is 0 Å². The average molecular weight is 215 g/mol. The molecular formula is C9H18N3OP. The number of hydrogen-bond acceptors (Lipinski definition) is 4. The summed E-state index contributed by atoms with van der Waals surface area (Å²) in [4.78, 5) is 0. The zero-order valence-corrected chi connectivity index (χ0v) is 9.62. The molecule has 0 aromatic carbocycles. The summed E-state index contributed by atoms with van der Waals surface area (Å²) in [6.07, 6.45) is 2.69. The Morgan fingerprint density at radius 3 is 2.86 bits per heavy atom. The minimum absolute atomic E-state index is 0.547. The van der Waals surface area contributed by atoms with E-state index in [0.29, 0.717) is 20.8 Å². The van der Waals surface area contributed by atoms with Crippen LogP contribution in [0.3, 0.4) is 0 Å². The third-order valence-corrected chi connectivity index (χ3v) is 2.26. The Morgan fingerprint density at radius 1 is 1.79 bits per heavy atom. The zero-order chi connectivity index (χ0) is 11.0. The monoisotopic (exact) mass is 215 g/mol. The van der Waals surface area contributed by atoms with E-state index in [0.717, 1.165) is 5.57 Å². The Kier molecular flexibility index (Phi) is 7.30. The minimum Gasteiger partial charge on any atom is -0.389 e. The molecule has 0 aliphatic heterocycles. The first kappa shape index (κ1) is 13.3. The van der Waals surface area contributed by atoms with Crippen LogP contribution in [0.5, 0.6) is 0 Å². The maximum Gasteiger partial charge on any atom is 0.0759 e. The van der Waals surface area contributed by atoms with Crippen molar-refractivity contribution in [2.24, 2.45) is 10.9 Å². The lowest BCUT2D eigenvalue weighted by molar-refractivity contribution is 0.234. The highest BCUT2D eigenvalue weighted by molar-refractivity contribution is 7.34. The van der Waals surface area contributed by atoms with Gasteiger partial charge in [0.05, 0.1) is 6.10 Å². The number of hydrazone groups is 1. The van der Waals surface area contributed by atoms with E-state index in [2.05, 4.69) is 16.8 Å². The molecule has 0 heterocycles. The molecule has 2 atom stereocenters. The van der Waals surface area contributed by atoms with Gasteiger partial charge >= 0.3 is 0 Å². The summed E-state index contributed by atoms with van der Waals surface area (Å²) in [7, 11) is 0.653. The topological polar surface area (TPSA) is 70.6 Å². The Morgan fingerprint density at radius 2 is 2.43 bits per heavy atom. The van der Waals surface area contributed by atoms with Crippen LogP contribution in [0.25, 0.3) is 0 Å². The van der Waals surface area contributed by atoms with Gasteiger partial charge < -0.3 is 10.9 Å². The molecule has 4 nitrogen and oxygen atoms in total. The molecule has 0 spiro atoms. The molecule has 14 heavy (non-hydrogen) atoms. The third-order valence-electron chi connectivity index (χ3n) is 1.73. The van der Waals surface area contributed by atoms with Gasteiger partial charge in [-0.25, -0.2) is 0 Å². The van der Waals surface area contributed by atoms with Gasteiger partial charge in [-0.15, -0.1) is 0 Å². The van der Waals surface area contributed by atoms with Gasteiger partial charge in [-0.05, 0) is 30.8 Å². The summed E-state index contributed by atoms with van der Waals surface area (Å²) >= 11 is 0. The number of nitrogens with zero attached hydrogens (tertiary/aromatic N) is 1. The second kappa shape index (κ2) is 7.68. The summed E-state index contributed by atoms with van der Waals surface area (Å²) in [5, 5.41) is 15.9. The highest BCUT2D eigenvalue weighted by Gasteiger charge is 2.06. The fourth-order valence-corrected chi connectivity index (χ4v) is 1.23. The fraction of sp³-hybridized carbons (Fsp3) is 0.444. The van der Waals surface area contributed by atoms with Crippen molar-refractivity contribution in [3.63, 3.8) is 0 Å². The minimum atomic E-state index is -0.547. The Bertz CT molecular complexity index is 236. The number of nitrogens with two attached hydrogens (primary N) is 1. The molecule has 4 N–H and O–H groups in total. The number of aliphatic hydroxyl groups excluding tert-OH is 1. The molecule has 0 fully saturated rings. The van der Waals surface area contributed by atoms with Crippen LogP contribution < -0.4 is 10.9 Å². The van der Waals surface area contributed by atoms with E-state index in [9.17, 15) is 5.11 Å². The number of rotatable bonds is 6. The molecule has 0 aliphatic carbocycles. The van der Waals surface area contributed by atoms with Crippen molar-refractivity contribution in [1.82, 2.24) is 5.09 Å². The maximum absolute atomic E-state index is 9.35. The van der Waals surface area contributed by atoms with Crippen LogP contribution in [0, 0.1) is 0 Å². The largest absolute Gasteiger partial charge is 0.389 e. The lowest BCUT2D eigenvalue weighted by atomic mass is 10.0. The predicted molar refractivity (Wildman–Crippen MR) is 63.8 cm³/mol. The van der Waals surface area contributed by atoms with Gasteiger partial charge in [0.15, 0.2) is 0 Å². The van der Waals surface area contributed by atoms with Crippen molar-refractivity contribution in [2.45, 2.75) is 13.0 Å². The van der Waals surface area contributed by atoms with Crippen molar-refractivity contribution in [3.05, 3.63) is 23.8 Å². The molecule has 0 aromatic rings. The van der Waals surface area contributed by atoms with Crippen LogP contribution in [0.1, 0.15) is 6.92 Å². The van der Waals surface area contributed by atoms with E-state index in [1.165, 1.54) is 6.21 Å². The van der Waals surface area contributed by atoms with Crippen LogP contribution in [0.15, 0.2) is 28.9 Å². The average Bonchev–Trinajstić information content (AvgIpc) is 2.17. The first-order valence-electron chi connectivity index (χ1n) is 4.32. The quantitative estimate of drug-likeness (QED) is 0.200. The SMILES string of the molecule is C=C(/C(=C\C=N/N)CNPC)C(C)O. The highest BCUT2D eigenvalue weighted by Crippen LogP contribution is 2.12. The van der Waals surface area contributed by atoms with Crippen LogP contribution in [0.2, 0.25) is 0 Å². The molecule has 0 aliphatic rings. The highest BCUT2D eigenvalue weighted by atomic mass is 31.1. The first-order valence-corrected chi connectivity index (χ1v) is 5.82. The van der Waals surface area contributed by atoms with Gasteiger partial charge in [0.1, 0.15) is 0 Å². The van der Waals surface area contributed by atoms with E-state index in [4.69, 9.17) is 5.84 Å². The molecule has 0 saturated heterocycles. The molecule has 0 radical (unpaired) electrons. The van der Waals surface area contributed by atoms with Gasteiger partial charge in [-0.3, -0.25) is 5.09 Å². The summed E-state index contributed by atoms with van der Waals surface area (Å²) in [6, 6.07) is 0. The van der Waals surface area contributed by atoms with E-state index < -0.39 is 6.10 Å². The molecule has 0 bridgehead atoms. The van der Waals surface area contributed by atoms with Gasteiger partial charge in [-0.1, -0.05) is 15.3 Å². The lowest BCUT2D eigenvalue weighted by Gasteiger charge is -2.12. The molecule has 0 rings (SSSR count). The molecule has 0 saturated carbocycles. The lowest BCUT2D eigenvalue weighted by Crippen LogP contribution is -2.14. The Hall–Kier alpha value is -0.700. The summed E-state index contributed by atoms with van der Waals surface area (Å²) < 4.78 is 0. The van der Waals surface area contributed by atoms with Crippen LogP contribution >= 0.6 is 8.73 Å². The maximum atomic E-state index is 9.35. The molecule has 0 amide bonds. The van der Waals surface area contributed by atoms with Crippen molar-refractivity contribution in [1.29, 1.82) is 0 Å². The smallest absolute Gasteiger partial charge is 0.0759 e. The summed E-state index contributed by atoms with van der Waals surface area (Å²) in [6.45, 7) is 8.20. The third kappa shape index (κ3) is 5.12. The molecule has 0 aromatic heterocycles. The second-order valence-corrected chi connectivity index (χ2v) is 3.65. The number of allylic oxidation sites excluding steroid dienone is 1. The van der Waals surface area contributed by atoms with Gasteiger partial charge in [0, 0.05) is 12.8 Å². The van der Waals surface area contributed by atoms with E-state index >= 15 is 0 Å². The van der Waals surface area contributed by atoms with Crippen molar-refractivity contribution in [3.8, 4) is 0 Å². The molecule has 2 unspecified atom stereocenters. The molecule has 5 heteroatoms. The van der Waals surface area contributed by atoms with E-state index in [1.807, 2.05) is 6.66 Å². The Labute approximate surface area is 86.8 Å². The molecule has 80 valence electrons. The number of nitrogens with one attached hydrogen (secondary N) is 1. The van der Waals surface area contributed by atoms with Crippen molar-refractivity contribution < 1.29 is 5.11 Å². The van der Waals surface area contributed by atoms with Gasteiger partial charge in [0.25, 0.3) is 0 Å². The standard InChI is InChI=1S/C9H18N3OP/c1-7(8(2)13)9(4-5-11-10)6-12-14-3/h4-5,8,12-14H,1,6,10H2,2-3H3/b9-4-,11-5-. The summed E-state index contributed by atoms with van der Waals surface area (Å²) in [5.74, 6) is 5.00. The number of hydrogen-bond donors (Lipinski definition) is 3. The van der Waals surface area contributed by atoms with Crippen molar-refractivity contribution in [2.75, 3.05) is 13.2 Å².